The van der Waals surface area contributed by atoms with Crippen molar-refractivity contribution < 1.29 is 13.2 Å². The third kappa shape index (κ3) is 1.64. The highest BCUT2D eigenvalue weighted by atomic mass is 19.4. The highest BCUT2D eigenvalue weighted by molar-refractivity contribution is 5.27. The van der Waals surface area contributed by atoms with Gasteiger partial charge in [0.25, 0.3) is 0 Å². The second-order valence-electron chi connectivity index (χ2n) is 3.67. The molecule has 1 fully saturated rings. The van der Waals surface area contributed by atoms with E-state index in [1.165, 1.54) is 6.20 Å². The van der Waals surface area contributed by atoms with Crippen LogP contribution in [0.2, 0.25) is 0 Å². The second kappa shape index (κ2) is 3.02. The standard InChI is InChI=1S/C9H11F3N2/c10-9(11,12)6-3-4-14-8(6)7(13)5-1-2-5/h3-5,7,14H,1-2,13H2/t7-/m0/s1. The van der Waals surface area contributed by atoms with Crippen molar-refractivity contribution in [3.8, 4) is 0 Å². The molecular weight excluding hydrogens is 193 g/mol. The molecule has 1 heterocycles. The van der Waals surface area contributed by atoms with Gasteiger partial charge in [0.1, 0.15) is 0 Å². The highest BCUT2D eigenvalue weighted by Gasteiger charge is 2.39. The Morgan fingerprint density at radius 1 is 1.43 bits per heavy atom. The lowest BCUT2D eigenvalue weighted by molar-refractivity contribution is -0.138. The van der Waals surface area contributed by atoms with Crippen LogP contribution in [0.5, 0.6) is 0 Å². The van der Waals surface area contributed by atoms with Gasteiger partial charge in [0.2, 0.25) is 0 Å². The van der Waals surface area contributed by atoms with Gasteiger partial charge in [-0.1, -0.05) is 0 Å². The molecule has 0 aromatic carbocycles. The first-order valence-corrected chi connectivity index (χ1v) is 4.50. The number of hydrogen-bond donors (Lipinski definition) is 2. The molecule has 0 spiro atoms. The molecule has 3 N–H and O–H groups in total. The maximum absolute atomic E-state index is 12.5. The summed E-state index contributed by atoms with van der Waals surface area (Å²) in [5, 5.41) is 0. The molecule has 1 aliphatic carbocycles. The van der Waals surface area contributed by atoms with Gasteiger partial charge < -0.3 is 10.7 Å². The minimum atomic E-state index is -4.30. The monoisotopic (exact) mass is 204 g/mol. The van der Waals surface area contributed by atoms with Gasteiger partial charge in [0, 0.05) is 17.9 Å². The Hall–Kier alpha value is -0.970. The molecule has 0 saturated heterocycles. The zero-order valence-electron chi connectivity index (χ0n) is 7.43. The normalized spacial score (nSPS) is 19.7. The molecule has 2 nitrogen and oxygen atoms in total. The van der Waals surface area contributed by atoms with Crippen LogP contribution < -0.4 is 5.73 Å². The lowest BCUT2D eigenvalue weighted by Gasteiger charge is -2.13. The van der Waals surface area contributed by atoms with Gasteiger partial charge in [0.15, 0.2) is 0 Å². The number of halogens is 3. The molecule has 0 aliphatic heterocycles. The predicted molar refractivity (Wildman–Crippen MR) is 45.4 cm³/mol. The van der Waals surface area contributed by atoms with Crippen LogP contribution in [0.4, 0.5) is 13.2 Å². The maximum Gasteiger partial charge on any atom is 0.418 e. The number of H-pyrrole nitrogens is 1. The number of nitrogens with one attached hydrogen (secondary N) is 1. The minimum Gasteiger partial charge on any atom is -0.363 e. The summed E-state index contributed by atoms with van der Waals surface area (Å²) >= 11 is 0. The Morgan fingerprint density at radius 3 is 2.57 bits per heavy atom. The topological polar surface area (TPSA) is 41.8 Å². The van der Waals surface area contributed by atoms with Crippen molar-refractivity contribution in [3.05, 3.63) is 23.5 Å². The third-order valence-corrected chi connectivity index (χ3v) is 2.55. The number of nitrogens with two attached hydrogens (primary N) is 1. The average Bonchev–Trinajstić information content (AvgIpc) is 2.78. The van der Waals surface area contributed by atoms with E-state index in [2.05, 4.69) is 4.98 Å². The highest BCUT2D eigenvalue weighted by Crippen LogP contribution is 2.42. The summed E-state index contributed by atoms with van der Waals surface area (Å²) in [6, 6.07) is 0.541. The Bertz CT molecular complexity index is 325. The predicted octanol–water partition coefficient (Wildman–Crippen LogP) is 2.44. The fraction of sp³-hybridized carbons (Fsp3) is 0.556. The van der Waals surface area contributed by atoms with Crippen LogP contribution in [0, 0.1) is 5.92 Å². The van der Waals surface area contributed by atoms with Crippen LogP contribution in [0.15, 0.2) is 12.3 Å². The van der Waals surface area contributed by atoms with Gasteiger partial charge >= 0.3 is 6.18 Å². The maximum atomic E-state index is 12.5. The van der Waals surface area contributed by atoms with Gasteiger partial charge in [0.05, 0.1) is 5.56 Å². The van der Waals surface area contributed by atoms with Crippen LogP contribution in [0.3, 0.4) is 0 Å². The van der Waals surface area contributed by atoms with Gasteiger partial charge in [-0.25, -0.2) is 0 Å². The lowest BCUT2D eigenvalue weighted by atomic mass is 10.1. The second-order valence-corrected chi connectivity index (χ2v) is 3.67. The number of hydrogen-bond acceptors (Lipinski definition) is 1. The molecule has 5 heteroatoms. The molecule has 0 unspecified atom stereocenters. The lowest BCUT2D eigenvalue weighted by Crippen LogP contribution is -2.18. The van der Waals surface area contributed by atoms with Crippen LogP contribution in [0.25, 0.3) is 0 Å². The van der Waals surface area contributed by atoms with Crippen LogP contribution >= 0.6 is 0 Å². The van der Waals surface area contributed by atoms with E-state index in [0.717, 1.165) is 18.9 Å². The summed E-state index contributed by atoms with van der Waals surface area (Å²) in [6.45, 7) is 0. The van der Waals surface area contributed by atoms with Gasteiger partial charge in [-0.15, -0.1) is 0 Å². The van der Waals surface area contributed by atoms with E-state index in [9.17, 15) is 13.2 Å². The number of aromatic nitrogens is 1. The Balaban J connectivity index is 2.28. The molecule has 1 aromatic rings. The van der Waals surface area contributed by atoms with Crippen LogP contribution in [-0.4, -0.2) is 4.98 Å². The fourth-order valence-corrected chi connectivity index (χ4v) is 1.60. The van der Waals surface area contributed by atoms with Crippen molar-refractivity contribution in [1.82, 2.24) is 4.98 Å². The quantitative estimate of drug-likeness (QED) is 0.763. The number of alkyl halides is 3. The van der Waals surface area contributed by atoms with E-state index in [4.69, 9.17) is 5.73 Å². The molecule has 0 bridgehead atoms. The zero-order chi connectivity index (χ0) is 10.3. The Morgan fingerprint density at radius 2 is 2.07 bits per heavy atom. The van der Waals surface area contributed by atoms with Crippen molar-refractivity contribution in [2.45, 2.75) is 25.1 Å². The smallest absolute Gasteiger partial charge is 0.363 e. The molecule has 78 valence electrons. The van der Waals surface area contributed by atoms with Crippen LogP contribution in [0.1, 0.15) is 30.1 Å². The Kier molecular flexibility index (Phi) is 2.06. The molecule has 2 rings (SSSR count). The van der Waals surface area contributed by atoms with Crippen molar-refractivity contribution in [2.24, 2.45) is 11.7 Å². The van der Waals surface area contributed by atoms with Crippen molar-refractivity contribution >= 4 is 0 Å². The first-order valence-electron chi connectivity index (χ1n) is 4.50. The van der Waals surface area contributed by atoms with E-state index in [1.54, 1.807) is 0 Å². The van der Waals surface area contributed by atoms with Gasteiger partial charge in [-0.3, -0.25) is 0 Å². The first-order chi connectivity index (χ1) is 6.50. The van der Waals surface area contributed by atoms with Crippen molar-refractivity contribution in [3.63, 3.8) is 0 Å². The Labute approximate surface area is 79.3 Å². The number of aromatic amines is 1. The molecule has 1 aliphatic rings. The first kappa shape index (κ1) is 9.58. The molecule has 14 heavy (non-hydrogen) atoms. The van der Waals surface area contributed by atoms with Gasteiger partial charge in [-0.2, -0.15) is 13.2 Å². The fourth-order valence-electron chi connectivity index (χ4n) is 1.60. The van der Waals surface area contributed by atoms with Gasteiger partial charge in [-0.05, 0) is 24.8 Å². The summed E-state index contributed by atoms with van der Waals surface area (Å²) in [7, 11) is 0. The van der Waals surface area contributed by atoms with E-state index in [0.29, 0.717) is 0 Å². The summed E-state index contributed by atoms with van der Waals surface area (Å²) in [4.78, 5) is 2.59. The number of rotatable bonds is 2. The van der Waals surface area contributed by atoms with E-state index in [-0.39, 0.29) is 11.6 Å². The van der Waals surface area contributed by atoms with E-state index < -0.39 is 17.8 Å². The molecule has 0 radical (unpaired) electrons. The summed E-state index contributed by atoms with van der Waals surface area (Å²) in [6.07, 6.45) is -1.16. The third-order valence-electron chi connectivity index (χ3n) is 2.55. The molecule has 1 aromatic heterocycles. The van der Waals surface area contributed by atoms with E-state index in [1.807, 2.05) is 0 Å². The molecule has 0 amide bonds. The zero-order valence-corrected chi connectivity index (χ0v) is 7.43. The van der Waals surface area contributed by atoms with Crippen molar-refractivity contribution in [2.75, 3.05) is 0 Å². The van der Waals surface area contributed by atoms with Crippen LogP contribution in [-0.2, 0) is 6.18 Å². The minimum absolute atomic E-state index is 0.125. The SMILES string of the molecule is N[C@H](c1[nH]ccc1C(F)(F)F)C1CC1. The summed E-state index contributed by atoms with van der Waals surface area (Å²) < 4.78 is 37.4. The molecule has 1 saturated carbocycles. The molecule has 1 atom stereocenters. The van der Waals surface area contributed by atoms with Crippen molar-refractivity contribution in [1.29, 1.82) is 0 Å². The molecular formula is C9H11F3N2. The summed E-state index contributed by atoms with van der Waals surface area (Å²) in [5.74, 6) is 0.217. The average molecular weight is 204 g/mol. The van der Waals surface area contributed by atoms with E-state index >= 15 is 0 Å². The summed E-state index contributed by atoms with van der Waals surface area (Å²) in [5.41, 5.74) is 5.21. The largest absolute Gasteiger partial charge is 0.418 e.